The molecule has 0 unspecified atom stereocenters. The summed E-state index contributed by atoms with van der Waals surface area (Å²) in [5, 5.41) is 8.26. The van der Waals surface area contributed by atoms with Gasteiger partial charge in [-0.2, -0.15) is 13.2 Å². The highest BCUT2D eigenvalue weighted by atomic mass is 19.4. The van der Waals surface area contributed by atoms with Gasteiger partial charge in [-0.1, -0.05) is 6.07 Å². The van der Waals surface area contributed by atoms with Crippen molar-refractivity contribution in [1.82, 2.24) is 5.48 Å². The zero-order valence-corrected chi connectivity index (χ0v) is 6.90. The summed E-state index contributed by atoms with van der Waals surface area (Å²) in [5.74, 6) is -1.32. The van der Waals surface area contributed by atoms with Crippen LogP contribution in [0.3, 0.4) is 0 Å². The molecule has 0 heterocycles. The molecular weight excluding hydrogens is 202 g/mol. The Morgan fingerprint density at radius 2 is 1.93 bits per heavy atom. The molecule has 6 heteroatoms. The van der Waals surface area contributed by atoms with Gasteiger partial charge in [0.1, 0.15) is 5.82 Å². The molecule has 0 spiro atoms. The van der Waals surface area contributed by atoms with Crippen molar-refractivity contribution in [3.8, 4) is 0 Å². The van der Waals surface area contributed by atoms with E-state index in [-0.39, 0.29) is 12.1 Å². The summed E-state index contributed by atoms with van der Waals surface area (Å²) in [5.41, 5.74) is 0.518. The van der Waals surface area contributed by atoms with Crippen molar-refractivity contribution in [3.63, 3.8) is 0 Å². The number of benzene rings is 1. The van der Waals surface area contributed by atoms with Gasteiger partial charge >= 0.3 is 6.18 Å². The van der Waals surface area contributed by atoms with Crippen molar-refractivity contribution in [2.75, 3.05) is 0 Å². The lowest BCUT2D eigenvalue weighted by Gasteiger charge is -2.09. The second kappa shape index (κ2) is 3.93. The largest absolute Gasteiger partial charge is 0.419 e. The second-order valence-corrected chi connectivity index (χ2v) is 2.65. The van der Waals surface area contributed by atoms with E-state index in [9.17, 15) is 17.6 Å². The van der Waals surface area contributed by atoms with Crippen molar-refractivity contribution in [2.24, 2.45) is 0 Å². The lowest BCUT2D eigenvalue weighted by Crippen LogP contribution is -2.11. The molecule has 0 aliphatic heterocycles. The number of halogens is 4. The Morgan fingerprint density at radius 3 is 2.43 bits per heavy atom. The van der Waals surface area contributed by atoms with Crippen LogP contribution in [0.2, 0.25) is 0 Å². The highest BCUT2D eigenvalue weighted by Crippen LogP contribution is 2.31. The minimum absolute atomic E-state index is 0.154. The summed E-state index contributed by atoms with van der Waals surface area (Å²) in [4.78, 5) is 0. The number of nitrogens with one attached hydrogen (secondary N) is 1. The van der Waals surface area contributed by atoms with Gasteiger partial charge in [-0.3, -0.25) is 0 Å². The van der Waals surface area contributed by atoms with E-state index in [1.807, 2.05) is 0 Å². The lowest BCUT2D eigenvalue weighted by atomic mass is 10.1. The van der Waals surface area contributed by atoms with Gasteiger partial charge in [0.2, 0.25) is 0 Å². The molecule has 0 aliphatic rings. The van der Waals surface area contributed by atoms with E-state index in [1.54, 1.807) is 5.48 Å². The van der Waals surface area contributed by atoms with Crippen LogP contribution in [0.4, 0.5) is 17.6 Å². The number of rotatable bonds is 2. The molecule has 1 rings (SSSR count). The van der Waals surface area contributed by atoms with Crippen LogP contribution in [0.1, 0.15) is 11.1 Å². The topological polar surface area (TPSA) is 32.3 Å². The van der Waals surface area contributed by atoms with Crippen molar-refractivity contribution in [1.29, 1.82) is 0 Å². The minimum atomic E-state index is -4.71. The summed E-state index contributed by atoms with van der Waals surface area (Å²) >= 11 is 0. The molecule has 0 bridgehead atoms. The van der Waals surface area contributed by atoms with Crippen LogP contribution in [0, 0.1) is 5.82 Å². The van der Waals surface area contributed by atoms with Gasteiger partial charge in [0.05, 0.1) is 5.56 Å². The van der Waals surface area contributed by atoms with Crippen LogP contribution in [0.15, 0.2) is 18.2 Å². The monoisotopic (exact) mass is 209 g/mol. The fourth-order valence-corrected chi connectivity index (χ4v) is 0.991. The number of alkyl halides is 3. The Balaban J connectivity index is 3.09. The molecule has 1 aromatic rings. The van der Waals surface area contributed by atoms with Crippen molar-refractivity contribution < 1.29 is 22.8 Å². The first-order valence-corrected chi connectivity index (χ1v) is 3.67. The van der Waals surface area contributed by atoms with Gasteiger partial charge in [0.25, 0.3) is 0 Å². The third-order valence-electron chi connectivity index (χ3n) is 1.62. The predicted octanol–water partition coefficient (Wildman–Crippen LogP) is 2.32. The summed E-state index contributed by atoms with van der Waals surface area (Å²) in [6, 6.07) is 2.53. The first-order chi connectivity index (χ1) is 6.45. The molecule has 0 aliphatic carbocycles. The lowest BCUT2D eigenvalue weighted by molar-refractivity contribution is -0.140. The number of hydroxylamine groups is 1. The van der Waals surface area contributed by atoms with Gasteiger partial charge in [-0.05, 0) is 17.7 Å². The Kier molecular flexibility index (Phi) is 3.07. The second-order valence-electron chi connectivity index (χ2n) is 2.65. The van der Waals surface area contributed by atoms with E-state index >= 15 is 0 Å². The predicted molar refractivity (Wildman–Crippen MR) is 40.0 cm³/mol. The van der Waals surface area contributed by atoms with Gasteiger partial charge in [0, 0.05) is 6.54 Å². The van der Waals surface area contributed by atoms with Crippen LogP contribution in [-0.4, -0.2) is 5.21 Å². The van der Waals surface area contributed by atoms with Crippen LogP contribution in [-0.2, 0) is 12.7 Å². The Morgan fingerprint density at radius 1 is 1.29 bits per heavy atom. The number of hydrogen-bond acceptors (Lipinski definition) is 2. The molecule has 0 radical (unpaired) electrons. The Bertz CT molecular complexity index is 324. The minimum Gasteiger partial charge on any atom is -0.316 e. The SMILES string of the molecule is ONCc1ccc(F)c(C(F)(F)F)c1. The van der Waals surface area contributed by atoms with Gasteiger partial charge in [-0.15, -0.1) is 0 Å². The fourth-order valence-electron chi connectivity index (χ4n) is 0.991. The molecule has 2 nitrogen and oxygen atoms in total. The summed E-state index contributed by atoms with van der Waals surface area (Å²) in [6.45, 7) is -0.163. The maximum Gasteiger partial charge on any atom is 0.419 e. The maximum atomic E-state index is 12.7. The average Bonchev–Trinajstić information content (AvgIpc) is 2.07. The molecule has 2 N–H and O–H groups in total. The number of hydrogen-bond donors (Lipinski definition) is 2. The Labute approximate surface area is 77.1 Å². The van der Waals surface area contributed by atoms with Crippen LogP contribution < -0.4 is 5.48 Å². The molecule has 0 saturated carbocycles. The third-order valence-corrected chi connectivity index (χ3v) is 1.62. The molecule has 78 valence electrons. The molecule has 0 fully saturated rings. The molecule has 0 aromatic heterocycles. The van der Waals surface area contributed by atoms with Crippen LogP contribution in [0.5, 0.6) is 0 Å². The van der Waals surface area contributed by atoms with Gasteiger partial charge in [-0.25, -0.2) is 9.87 Å². The highest BCUT2D eigenvalue weighted by Gasteiger charge is 2.34. The molecule has 0 saturated heterocycles. The highest BCUT2D eigenvalue weighted by molar-refractivity contribution is 5.27. The molecular formula is C8H7F4NO. The van der Waals surface area contributed by atoms with E-state index in [1.165, 1.54) is 0 Å². The van der Waals surface area contributed by atoms with Crippen molar-refractivity contribution >= 4 is 0 Å². The standard InChI is InChI=1S/C8H7F4NO/c9-7-2-1-5(4-13-14)3-6(7)8(10,11)12/h1-3,13-14H,4H2. The molecule has 0 amide bonds. The maximum absolute atomic E-state index is 12.7. The van der Waals surface area contributed by atoms with Gasteiger partial charge < -0.3 is 5.21 Å². The first kappa shape index (κ1) is 10.9. The molecule has 14 heavy (non-hydrogen) atoms. The van der Waals surface area contributed by atoms with Crippen LogP contribution >= 0.6 is 0 Å². The Hall–Kier alpha value is -1.14. The van der Waals surface area contributed by atoms with Crippen molar-refractivity contribution in [3.05, 3.63) is 35.1 Å². The van der Waals surface area contributed by atoms with E-state index < -0.39 is 17.6 Å². The molecule has 0 atom stereocenters. The van der Waals surface area contributed by atoms with Crippen molar-refractivity contribution in [2.45, 2.75) is 12.7 Å². The van der Waals surface area contributed by atoms with E-state index in [0.29, 0.717) is 6.07 Å². The van der Waals surface area contributed by atoms with E-state index in [4.69, 9.17) is 5.21 Å². The normalized spacial score (nSPS) is 11.8. The first-order valence-electron chi connectivity index (χ1n) is 3.67. The zero-order chi connectivity index (χ0) is 10.8. The zero-order valence-electron chi connectivity index (χ0n) is 6.90. The summed E-state index contributed by atoms with van der Waals surface area (Å²) in [6.07, 6.45) is -4.71. The van der Waals surface area contributed by atoms with E-state index in [2.05, 4.69) is 0 Å². The van der Waals surface area contributed by atoms with E-state index in [0.717, 1.165) is 12.1 Å². The fraction of sp³-hybridized carbons (Fsp3) is 0.250. The quantitative estimate of drug-likeness (QED) is 0.578. The smallest absolute Gasteiger partial charge is 0.316 e. The average molecular weight is 209 g/mol. The summed E-state index contributed by atoms with van der Waals surface area (Å²) < 4.78 is 49.1. The van der Waals surface area contributed by atoms with Crippen LogP contribution in [0.25, 0.3) is 0 Å². The third kappa shape index (κ3) is 2.43. The summed E-state index contributed by atoms with van der Waals surface area (Å²) in [7, 11) is 0. The van der Waals surface area contributed by atoms with Gasteiger partial charge in [0.15, 0.2) is 0 Å². The molecule has 1 aromatic carbocycles.